The molecule has 26 heavy (non-hydrogen) atoms. The van der Waals surface area contributed by atoms with Crippen LogP contribution in [0.5, 0.6) is 0 Å². The summed E-state index contributed by atoms with van der Waals surface area (Å²) in [4.78, 5) is 21.8. The van der Waals surface area contributed by atoms with Crippen LogP contribution in [0.25, 0.3) is 11.3 Å². The second-order valence-electron chi connectivity index (χ2n) is 6.05. The van der Waals surface area contributed by atoms with Crippen LogP contribution in [0.15, 0.2) is 46.3 Å². The van der Waals surface area contributed by atoms with Gasteiger partial charge in [0.1, 0.15) is 0 Å². The van der Waals surface area contributed by atoms with E-state index in [-0.39, 0.29) is 11.9 Å². The number of carbonyl (C=O) groups is 1. The van der Waals surface area contributed by atoms with Crippen molar-refractivity contribution in [2.24, 2.45) is 0 Å². The Morgan fingerprint density at radius 2 is 2.08 bits per heavy atom. The van der Waals surface area contributed by atoms with Crippen molar-refractivity contribution in [3.05, 3.63) is 68.2 Å². The van der Waals surface area contributed by atoms with E-state index in [9.17, 15) is 4.79 Å². The highest BCUT2D eigenvalue weighted by Gasteiger charge is 2.16. The number of rotatable bonds is 5. The number of carbonyl (C=O) groups excluding carboxylic acids is 1. The topological polar surface area (TPSA) is 54.9 Å². The summed E-state index contributed by atoms with van der Waals surface area (Å²) in [7, 11) is 0. The van der Waals surface area contributed by atoms with Crippen molar-refractivity contribution in [2.75, 3.05) is 0 Å². The lowest BCUT2D eigenvalue weighted by Gasteiger charge is -2.13. The van der Waals surface area contributed by atoms with Crippen LogP contribution in [0.1, 0.15) is 46.6 Å². The molecular weight excluding hydrogens is 410 g/mol. The third-order valence-corrected chi connectivity index (χ3v) is 5.62. The first kappa shape index (κ1) is 18.7. The van der Waals surface area contributed by atoms with Crippen molar-refractivity contribution >= 4 is 33.2 Å². The molecule has 6 heteroatoms. The minimum atomic E-state index is -0.136. The zero-order valence-corrected chi connectivity index (χ0v) is 17.3. The second kappa shape index (κ2) is 8.10. The number of pyridine rings is 1. The highest BCUT2D eigenvalue weighted by atomic mass is 79.9. The quantitative estimate of drug-likeness (QED) is 0.595. The Hall–Kier alpha value is -2.05. The number of aromatic nitrogens is 2. The Balaban J connectivity index is 1.77. The van der Waals surface area contributed by atoms with E-state index in [1.807, 2.05) is 55.6 Å². The molecule has 4 nitrogen and oxygen atoms in total. The molecular formula is C20H20BrN3OS. The van der Waals surface area contributed by atoms with Crippen molar-refractivity contribution in [1.29, 1.82) is 0 Å². The van der Waals surface area contributed by atoms with E-state index in [1.165, 1.54) is 0 Å². The lowest BCUT2D eigenvalue weighted by Crippen LogP contribution is -2.27. The molecule has 0 spiro atoms. The van der Waals surface area contributed by atoms with Gasteiger partial charge < -0.3 is 5.32 Å². The van der Waals surface area contributed by atoms with E-state index in [1.54, 1.807) is 11.3 Å². The SMILES string of the molecule is CCc1nc(C(C)NC(=O)c2ccc(-c3cccc(Br)c3)nc2C)cs1. The minimum absolute atomic E-state index is 0.130. The Morgan fingerprint density at radius 1 is 1.27 bits per heavy atom. The van der Waals surface area contributed by atoms with E-state index in [0.717, 1.165) is 32.9 Å². The monoisotopic (exact) mass is 429 g/mol. The largest absolute Gasteiger partial charge is 0.344 e. The minimum Gasteiger partial charge on any atom is -0.344 e. The fourth-order valence-corrected chi connectivity index (χ4v) is 3.88. The summed E-state index contributed by atoms with van der Waals surface area (Å²) in [5.41, 5.74) is 4.05. The van der Waals surface area contributed by atoms with Gasteiger partial charge in [0, 0.05) is 15.4 Å². The predicted molar refractivity (Wildman–Crippen MR) is 109 cm³/mol. The smallest absolute Gasteiger partial charge is 0.253 e. The van der Waals surface area contributed by atoms with Gasteiger partial charge in [0.2, 0.25) is 0 Å². The molecule has 3 aromatic rings. The number of nitrogens with zero attached hydrogens (tertiary/aromatic N) is 2. The average Bonchev–Trinajstić information content (AvgIpc) is 3.11. The molecule has 0 aliphatic heterocycles. The van der Waals surface area contributed by atoms with Crippen molar-refractivity contribution in [3.63, 3.8) is 0 Å². The first-order valence-electron chi connectivity index (χ1n) is 8.46. The van der Waals surface area contributed by atoms with E-state index in [2.05, 4.69) is 38.1 Å². The molecule has 134 valence electrons. The van der Waals surface area contributed by atoms with Gasteiger partial charge in [0.15, 0.2) is 0 Å². The van der Waals surface area contributed by atoms with Crippen molar-refractivity contribution < 1.29 is 4.79 Å². The van der Waals surface area contributed by atoms with E-state index < -0.39 is 0 Å². The highest BCUT2D eigenvalue weighted by molar-refractivity contribution is 9.10. The summed E-state index contributed by atoms with van der Waals surface area (Å²) in [5.74, 6) is -0.130. The molecule has 0 bridgehead atoms. The molecule has 0 aliphatic carbocycles. The van der Waals surface area contributed by atoms with E-state index in [0.29, 0.717) is 11.3 Å². The third kappa shape index (κ3) is 4.19. The fourth-order valence-electron chi connectivity index (χ4n) is 2.64. The molecule has 1 N–H and O–H groups in total. The summed E-state index contributed by atoms with van der Waals surface area (Å²) < 4.78 is 1.000. The maximum Gasteiger partial charge on any atom is 0.253 e. The molecule has 0 saturated heterocycles. The molecule has 0 aliphatic rings. The van der Waals surface area contributed by atoms with Gasteiger partial charge in [-0.15, -0.1) is 11.3 Å². The lowest BCUT2D eigenvalue weighted by atomic mass is 10.1. The summed E-state index contributed by atoms with van der Waals surface area (Å²) >= 11 is 5.10. The Morgan fingerprint density at radius 3 is 2.73 bits per heavy atom. The number of halogens is 1. The van der Waals surface area contributed by atoms with Crippen LogP contribution in [-0.4, -0.2) is 15.9 Å². The number of hydrogen-bond donors (Lipinski definition) is 1. The third-order valence-electron chi connectivity index (χ3n) is 4.11. The maximum absolute atomic E-state index is 12.6. The summed E-state index contributed by atoms with van der Waals surface area (Å²) in [6, 6.07) is 11.5. The van der Waals surface area contributed by atoms with Crippen LogP contribution in [0.2, 0.25) is 0 Å². The Bertz CT molecular complexity index is 938. The molecule has 2 aromatic heterocycles. The van der Waals surface area contributed by atoms with Crippen LogP contribution < -0.4 is 5.32 Å². The van der Waals surface area contributed by atoms with Crippen molar-refractivity contribution in [2.45, 2.75) is 33.2 Å². The summed E-state index contributed by atoms with van der Waals surface area (Å²) in [5, 5.41) is 6.10. The highest BCUT2D eigenvalue weighted by Crippen LogP contribution is 2.23. The number of amides is 1. The van der Waals surface area contributed by atoms with Gasteiger partial charge in [0.25, 0.3) is 5.91 Å². The van der Waals surface area contributed by atoms with Gasteiger partial charge in [-0.05, 0) is 44.5 Å². The van der Waals surface area contributed by atoms with Crippen LogP contribution in [0, 0.1) is 6.92 Å². The Kier molecular flexibility index (Phi) is 5.84. The summed E-state index contributed by atoms with van der Waals surface area (Å²) in [6.45, 7) is 5.89. The van der Waals surface area contributed by atoms with E-state index >= 15 is 0 Å². The first-order chi connectivity index (χ1) is 12.5. The normalized spacial score (nSPS) is 12.0. The Labute approximate surface area is 165 Å². The molecule has 3 rings (SSSR count). The molecule has 0 radical (unpaired) electrons. The van der Waals surface area contributed by atoms with Gasteiger partial charge in [-0.2, -0.15) is 0 Å². The summed E-state index contributed by atoms with van der Waals surface area (Å²) in [6.07, 6.45) is 0.908. The standard InChI is InChI=1S/C20H20BrN3OS/c1-4-19-24-18(11-26-19)13(3)23-20(25)16-8-9-17(22-12(16)2)14-6-5-7-15(21)10-14/h5-11,13H,4H2,1-3H3,(H,23,25). The van der Waals surface area contributed by atoms with Crippen LogP contribution in [-0.2, 0) is 6.42 Å². The number of thiazole rings is 1. The van der Waals surface area contributed by atoms with Gasteiger partial charge in [-0.3, -0.25) is 9.78 Å². The molecule has 2 heterocycles. The van der Waals surface area contributed by atoms with Gasteiger partial charge in [-0.1, -0.05) is 35.0 Å². The lowest BCUT2D eigenvalue weighted by molar-refractivity contribution is 0.0938. The van der Waals surface area contributed by atoms with Crippen LogP contribution in [0.4, 0.5) is 0 Å². The number of hydrogen-bond acceptors (Lipinski definition) is 4. The fraction of sp³-hybridized carbons (Fsp3) is 0.250. The zero-order valence-electron chi connectivity index (χ0n) is 14.9. The number of nitrogens with one attached hydrogen (secondary N) is 1. The molecule has 0 saturated carbocycles. The van der Waals surface area contributed by atoms with Gasteiger partial charge in [0.05, 0.1) is 33.7 Å². The molecule has 1 atom stereocenters. The zero-order chi connectivity index (χ0) is 18.7. The predicted octanol–water partition coefficient (Wildman–Crippen LogP) is 5.33. The van der Waals surface area contributed by atoms with E-state index in [4.69, 9.17) is 0 Å². The average molecular weight is 430 g/mol. The van der Waals surface area contributed by atoms with Gasteiger partial charge >= 0.3 is 0 Å². The number of aryl methyl sites for hydroxylation is 2. The maximum atomic E-state index is 12.6. The molecule has 0 fully saturated rings. The van der Waals surface area contributed by atoms with Crippen molar-refractivity contribution in [3.8, 4) is 11.3 Å². The molecule has 1 aromatic carbocycles. The van der Waals surface area contributed by atoms with Crippen LogP contribution >= 0.6 is 27.3 Å². The van der Waals surface area contributed by atoms with Gasteiger partial charge in [-0.25, -0.2) is 4.98 Å². The second-order valence-corrected chi connectivity index (χ2v) is 7.91. The van der Waals surface area contributed by atoms with Crippen LogP contribution in [0.3, 0.4) is 0 Å². The van der Waals surface area contributed by atoms with Crippen molar-refractivity contribution in [1.82, 2.24) is 15.3 Å². The first-order valence-corrected chi connectivity index (χ1v) is 10.1. The molecule has 1 unspecified atom stereocenters. The number of benzene rings is 1. The molecule has 1 amide bonds.